The number of allylic oxidation sites excluding steroid dienone is 5. The Hall–Kier alpha value is -0.780. The van der Waals surface area contributed by atoms with Gasteiger partial charge in [-0.05, 0) is 46.0 Å². The SMILES string of the molecule is C=CCCCC=C(CC=C(C)C)CCC. The summed E-state index contributed by atoms with van der Waals surface area (Å²) in [5, 5.41) is 0. The normalized spacial score (nSPS) is 11.3. The molecule has 0 bridgehead atoms. The molecule has 0 heteroatoms. The molecule has 0 aliphatic heterocycles. The van der Waals surface area contributed by atoms with Crippen molar-refractivity contribution in [3.63, 3.8) is 0 Å². The molecule has 0 aliphatic rings. The van der Waals surface area contributed by atoms with Gasteiger partial charge in [-0.2, -0.15) is 0 Å². The quantitative estimate of drug-likeness (QED) is 0.367. The minimum Gasteiger partial charge on any atom is -0.103 e. The maximum absolute atomic E-state index is 3.74. The van der Waals surface area contributed by atoms with Crippen molar-refractivity contribution in [1.29, 1.82) is 0 Å². The minimum absolute atomic E-state index is 1.14. The van der Waals surface area contributed by atoms with Crippen molar-refractivity contribution in [2.75, 3.05) is 0 Å². The van der Waals surface area contributed by atoms with E-state index >= 15 is 0 Å². The first kappa shape index (κ1) is 14.2. The summed E-state index contributed by atoms with van der Waals surface area (Å²) in [5.74, 6) is 0. The smallest absolute Gasteiger partial charge is 0.0136 e. The van der Waals surface area contributed by atoms with Gasteiger partial charge >= 0.3 is 0 Å². The van der Waals surface area contributed by atoms with Gasteiger partial charge in [0.2, 0.25) is 0 Å². The molecule has 0 amide bonds. The molecule has 0 atom stereocenters. The summed E-state index contributed by atoms with van der Waals surface area (Å²) in [7, 11) is 0. The van der Waals surface area contributed by atoms with Gasteiger partial charge in [0.1, 0.15) is 0 Å². The summed E-state index contributed by atoms with van der Waals surface area (Å²) in [6.45, 7) is 10.3. The minimum atomic E-state index is 1.14. The highest BCUT2D eigenvalue weighted by atomic mass is 14.0. The molecule has 15 heavy (non-hydrogen) atoms. The molecular weight excluding hydrogens is 180 g/mol. The number of hydrogen-bond donors (Lipinski definition) is 0. The predicted octanol–water partition coefficient (Wildman–Crippen LogP) is 5.43. The Labute approximate surface area is 95.8 Å². The van der Waals surface area contributed by atoms with Crippen LogP contribution in [0.4, 0.5) is 0 Å². The Bertz CT molecular complexity index is 214. The summed E-state index contributed by atoms with van der Waals surface area (Å²) in [6.07, 6.45) is 14.0. The Morgan fingerprint density at radius 2 is 1.87 bits per heavy atom. The van der Waals surface area contributed by atoms with E-state index in [1.807, 2.05) is 6.08 Å². The van der Waals surface area contributed by atoms with E-state index in [1.165, 1.54) is 31.3 Å². The van der Waals surface area contributed by atoms with Crippen LogP contribution in [0.3, 0.4) is 0 Å². The molecule has 0 nitrogen and oxygen atoms in total. The Morgan fingerprint density at radius 1 is 1.13 bits per heavy atom. The summed E-state index contributed by atoms with van der Waals surface area (Å²) in [5.41, 5.74) is 3.02. The van der Waals surface area contributed by atoms with Crippen LogP contribution in [0.1, 0.15) is 59.3 Å². The van der Waals surface area contributed by atoms with Gasteiger partial charge in [-0.3, -0.25) is 0 Å². The second kappa shape index (κ2) is 9.76. The lowest BCUT2D eigenvalue weighted by Gasteiger charge is -2.03. The zero-order valence-corrected chi connectivity index (χ0v) is 10.7. The first-order valence-corrected chi connectivity index (χ1v) is 6.12. The van der Waals surface area contributed by atoms with Crippen LogP contribution in [0, 0.1) is 0 Å². The molecule has 0 heterocycles. The molecule has 0 aromatic heterocycles. The highest BCUT2D eigenvalue weighted by Crippen LogP contribution is 2.14. The summed E-state index contributed by atoms with van der Waals surface area (Å²) in [6, 6.07) is 0. The molecule has 0 unspecified atom stereocenters. The van der Waals surface area contributed by atoms with Gasteiger partial charge in [0, 0.05) is 0 Å². The number of unbranched alkanes of at least 4 members (excludes halogenated alkanes) is 2. The van der Waals surface area contributed by atoms with Crippen LogP contribution in [-0.2, 0) is 0 Å². The van der Waals surface area contributed by atoms with Crippen LogP contribution in [-0.4, -0.2) is 0 Å². The Morgan fingerprint density at radius 3 is 2.40 bits per heavy atom. The maximum Gasteiger partial charge on any atom is -0.0136 e. The monoisotopic (exact) mass is 206 g/mol. The van der Waals surface area contributed by atoms with E-state index in [0.29, 0.717) is 0 Å². The van der Waals surface area contributed by atoms with Gasteiger partial charge in [-0.15, -0.1) is 6.58 Å². The van der Waals surface area contributed by atoms with Crippen molar-refractivity contribution in [2.45, 2.75) is 59.3 Å². The van der Waals surface area contributed by atoms with Crippen molar-refractivity contribution >= 4 is 0 Å². The fraction of sp³-hybridized carbons (Fsp3) is 0.600. The molecule has 0 aromatic carbocycles. The van der Waals surface area contributed by atoms with Gasteiger partial charge in [0.15, 0.2) is 0 Å². The molecule has 0 aromatic rings. The van der Waals surface area contributed by atoms with Crippen molar-refractivity contribution in [2.24, 2.45) is 0 Å². The van der Waals surface area contributed by atoms with Crippen LogP contribution >= 0.6 is 0 Å². The van der Waals surface area contributed by atoms with Crippen LogP contribution in [0.2, 0.25) is 0 Å². The third kappa shape index (κ3) is 9.52. The van der Waals surface area contributed by atoms with E-state index in [0.717, 1.165) is 12.8 Å². The molecule has 0 aliphatic carbocycles. The van der Waals surface area contributed by atoms with Gasteiger partial charge in [-0.1, -0.05) is 42.7 Å². The molecule has 0 fully saturated rings. The second-order valence-electron chi connectivity index (χ2n) is 4.32. The molecule has 0 saturated heterocycles. The van der Waals surface area contributed by atoms with Gasteiger partial charge in [-0.25, -0.2) is 0 Å². The lowest BCUT2D eigenvalue weighted by atomic mass is 10.0. The first-order chi connectivity index (χ1) is 7.20. The van der Waals surface area contributed by atoms with Gasteiger partial charge < -0.3 is 0 Å². The molecule has 0 saturated carbocycles. The van der Waals surface area contributed by atoms with E-state index < -0.39 is 0 Å². The zero-order chi connectivity index (χ0) is 11.5. The maximum atomic E-state index is 3.74. The number of rotatable bonds is 8. The number of hydrogen-bond acceptors (Lipinski definition) is 0. The van der Waals surface area contributed by atoms with E-state index in [1.54, 1.807) is 5.57 Å². The molecule has 0 N–H and O–H groups in total. The second-order valence-corrected chi connectivity index (χ2v) is 4.32. The van der Waals surface area contributed by atoms with Gasteiger partial charge in [0.05, 0.1) is 0 Å². The highest BCUT2D eigenvalue weighted by molar-refractivity contribution is 5.10. The summed E-state index contributed by atoms with van der Waals surface area (Å²) >= 11 is 0. The Kier molecular flexibility index (Phi) is 9.26. The van der Waals surface area contributed by atoms with Crippen LogP contribution < -0.4 is 0 Å². The Balaban J connectivity index is 4.00. The van der Waals surface area contributed by atoms with E-state index in [4.69, 9.17) is 0 Å². The molecular formula is C15H26. The van der Waals surface area contributed by atoms with Crippen LogP contribution in [0.5, 0.6) is 0 Å². The molecule has 86 valence electrons. The summed E-state index contributed by atoms with van der Waals surface area (Å²) < 4.78 is 0. The molecule has 0 rings (SSSR count). The average molecular weight is 206 g/mol. The van der Waals surface area contributed by atoms with Crippen molar-refractivity contribution in [3.8, 4) is 0 Å². The average Bonchev–Trinajstić information content (AvgIpc) is 2.20. The molecule has 0 radical (unpaired) electrons. The standard InChI is InChI=1S/C15H26/c1-5-7-8-9-11-15(10-6-2)13-12-14(3)4/h5,11-12H,1,6-10,13H2,2-4H3. The third-order valence-electron chi connectivity index (χ3n) is 2.39. The topological polar surface area (TPSA) is 0 Å². The fourth-order valence-corrected chi connectivity index (χ4v) is 1.51. The van der Waals surface area contributed by atoms with Crippen LogP contribution in [0.15, 0.2) is 36.0 Å². The lowest BCUT2D eigenvalue weighted by molar-refractivity contribution is 0.827. The summed E-state index contributed by atoms with van der Waals surface area (Å²) in [4.78, 5) is 0. The van der Waals surface area contributed by atoms with Crippen LogP contribution in [0.25, 0.3) is 0 Å². The van der Waals surface area contributed by atoms with Crippen molar-refractivity contribution in [1.82, 2.24) is 0 Å². The first-order valence-electron chi connectivity index (χ1n) is 6.12. The highest BCUT2D eigenvalue weighted by Gasteiger charge is 1.93. The third-order valence-corrected chi connectivity index (χ3v) is 2.39. The zero-order valence-electron chi connectivity index (χ0n) is 10.7. The lowest BCUT2D eigenvalue weighted by Crippen LogP contribution is -1.83. The van der Waals surface area contributed by atoms with E-state index in [2.05, 4.69) is 39.5 Å². The van der Waals surface area contributed by atoms with E-state index in [-0.39, 0.29) is 0 Å². The van der Waals surface area contributed by atoms with E-state index in [9.17, 15) is 0 Å². The fourth-order valence-electron chi connectivity index (χ4n) is 1.51. The largest absolute Gasteiger partial charge is 0.103 e. The molecule has 0 spiro atoms. The predicted molar refractivity (Wildman–Crippen MR) is 71.1 cm³/mol. The van der Waals surface area contributed by atoms with Crippen molar-refractivity contribution in [3.05, 3.63) is 36.0 Å². The van der Waals surface area contributed by atoms with Gasteiger partial charge in [0.25, 0.3) is 0 Å². The van der Waals surface area contributed by atoms with Crippen molar-refractivity contribution < 1.29 is 0 Å².